The Hall–Kier alpha value is -1.77. The fourth-order valence-electron chi connectivity index (χ4n) is 1.15. The highest BCUT2D eigenvalue weighted by Crippen LogP contribution is 2.20. The molecule has 3 heteroatoms. The lowest BCUT2D eigenvalue weighted by atomic mass is 10.1. The maximum Gasteiger partial charge on any atom is 0.132 e. The molecule has 1 aromatic carbocycles. The van der Waals surface area contributed by atoms with E-state index in [1.807, 2.05) is 0 Å². The largest absolute Gasteiger partial charge is 0.255 e. The molecule has 0 saturated heterocycles. The van der Waals surface area contributed by atoms with Gasteiger partial charge in [-0.2, -0.15) is 0 Å². The van der Waals surface area contributed by atoms with Crippen LogP contribution in [-0.2, 0) is 0 Å². The van der Waals surface area contributed by atoms with Crippen LogP contribution in [0, 0.1) is 17.7 Å². The summed E-state index contributed by atoms with van der Waals surface area (Å²) in [5, 5.41) is 0. The molecule has 0 bridgehead atoms. The summed E-state index contributed by atoms with van der Waals surface area (Å²) in [5.41, 5.74) is 0.440. The molecule has 1 aromatic heterocycles. The summed E-state index contributed by atoms with van der Waals surface area (Å²) in [5.74, 6) is -0.984. The van der Waals surface area contributed by atoms with Crippen molar-refractivity contribution in [2.45, 2.75) is 0 Å². The van der Waals surface area contributed by atoms with Crippen LogP contribution in [0.25, 0.3) is 11.3 Å². The molecule has 0 atom stereocenters. The Morgan fingerprint density at radius 3 is 2.79 bits per heavy atom. The normalized spacial score (nSPS) is 10.1. The molecule has 14 heavy (non-hydrogen) atoms. The lowest BCUT2D eigenvalue weighted by Crippen LogP contribution is -1.88. The summed E-state index contributed by atoms with van der Waals surface area (Å²) in [4.78, 5) is 3.89. The van der Waals surface area contributed by atoms with Crippen LogP contribution in [-0.4, -0.2) is 4.98 Å². The third-order valence-corrected chi connectivity index (χ3v) is 1.79. The standard InChI is InChI=1S/C11H6F2N/c12-8-4-5-10(13)9(7-8)11-3-1-2-6-14-11/h1-2,4-7H. The molecule has 2 aromatic rings. The van der Waals surface area contributed by atoms with Crippen molar-refractivity contribution in [2.24, 2.45) is 0 Å². The molecule has 1 nitrogen and oxygen atoms in total. The van der Waals surface area contributed by atoms with Crippen molar-refractivity contribution in [1.29, 1.82) is 0 Å². The molecule has 0 aliphatic rings. The molecule has 0 fully saturated rings. The number of aromatic nitrogens is 1. The highest BCUT2D eigenvalue weighted by molar-refractivity contribution is 5.58. The second kappa shape index (κ2) is 3.54. The first kappa shape index (κ1) is 8.81. The van der Waals surface area contributed by atoms with Gasteiger partial charge in [0.2, 0.25) is 0 Å². The first-order valence-corrected chi connectivity index (χ1v) is 4.05. The summed E-state index contributed by atoms with van der Waals surface area (Å²) in [6, 6.07) is 9.26. The molecule has 0 N–H and O–H groups in total. The van der Waals surface area contributed by atoms with Gasteiger partial charge in [0.1, 0.15) is 11.6 Å². The van der Waals surface area contributed by atoms with Crippen LogP contribution < -0.4 is 0 Å². The Morgan fingerprint density at radius 2 is 2.07 bits per heavy atom. The van der Waals surface area contributed by atoms with Gasteiger partial charge in [0.25, 0.3) is 0 Å². The first-order chi connectivity index (χ1) is 6.77. The van der Waals surface area contributed by atoms with Crippen molar-refractivity contribution in [2.75, 3.05) is 0 Å². The number of hydrogen-bond acceptors (Lipinski definition) is 1. The minimum atomic E-state index is -0.499. The summed E-state index contributed by atoms with van der Waals surface area (Å²) < 4.78 is 26.1. The number of rotatable bonds is 1. The average Bonchev–Trinajstić information content (AvgIpc) is 2.23. The number of halogens is 2. The van der Waals surface area contributed by atoms with Gasteiger partial charge in [-0.05, 0) is 24.3 Å². The van der Waals surface area contributed by atoms with E-state index in [1.54, 1.807) is 12.1 Å². The van der Waals surface area contributed by atoms with Gasteiger partial charge in [0.05, 0.1) is 5.69 Å². The van der Waals surface area contributed by atoms with Crippen LogP contribution in [0.4, 0.5) is 8.78 Å². The van der Waals surface area contributed by atoms with Gasteiger partial charge >= 0.3 is 0 Å². The summed E-state index contributed by atoms with van der Waals surface area (Å²) in [6.07, 6.45) is 1.51. The van der Waals surface area contributed by atoms with E-state index in [-0.39, 0.29) is 5.56 Å². The van der Waals surface area contributed by atoms with E-state index in [4.69, 9.17) is 0 Å². The Bertz CT molecular complexity index is 440. The molecule has 0 aliphatic heterocycles. The van der Waals surface area contributed by atoms with Gasteiger partial charge in [-0.25, -0.2) is 8.78 Å². The highest BCUT2D eigenvalue weighted by atomic mass is 19.1. The second-order valence-corrected chi connectivity index (χ2v) is 2.75. The maximum absolute atomic E-state index is 13.2. The molecule has 0 saturated carbocycles. The molecule has 1 heterocycles. The molecule has 0 amide bonds. The first-order valence-electron chi connectivity index (χ1n) is 4.05. The smallest absolute Gasteiger partial charge is 0.132 e. The van der Waals surface area contributed by atoms with Gasteiger partial charge in [0.15, 0.2) is 0 Å². The topological polar surface area (TPSA) is 12.9 Å². The van der Waals surface area contributed by atoms with Crippen molar-refractivity contribution in [3.63, 3.8) is 0 Å². The molecule has 69 valence electrons. The average molecular weight is 190 g/mol. The SMILES string of the molecule is Fc1ccc(F)c(-c2[c]cccn2)c1. The van der Waals surface area contributed by atoms with E-state index in [0.717, 1.165) is 18.2 Å². The molecule has 0 unspecified atom stereocenters. The van der Waals surface area contributed by atoms with E-state index in [0.29, 0.717) is 5.69 Å². The number of pyridine rings is 1. The highest BCUT2D eigenvalue weighted by Gasteiger charge is 2.06. The minimum Gasteiger partial charge on any atom is -0.255 e. The van der Waals surface area contributed by atoms with Crippen LogP contribution in [0.2, 0.25) is 0 Å². The Labute approximate surface area is 80.0 Å². The monoisotopic (exact) mass is 190 g/mol. The zero-order chi connectivity index (χ0) is 9.97. The molecule has 2 rings (SSSR count). The second-order valence-electron chi connectivity index (χ2n) is 2.75. The van der Waals surface area contributed by atoms with E-state index < -0.39 is 11.6 Å². The number of hydrogen-bond donors (Lipinski definition) is 0. The van der Waals surface area contributed by atoms with Gasteiger partial charge in [0, 0.05) is 17.8 Å². The Balaban J connectivity index is 2.57. The predicted molar refractivity (Wildman–Crippen MR) is 48.4 cm³/mol. The van der Waals surface area contributed by atoms with E-state index >= 15 is 0 Å². The van der Waals surface area contributed by atoms with E-state index in [1.165, 1.54) is 6.20 Å². The minimum absolute atomic E-state index is 0.130. The number of benzene rings is 1. The third kappa shape index (κ3) is 1.62. The van der Waals surface area contributed by atoms with Crippen molar-refractivity contribution in [3.05, 3.63) is 54.2 Å². The van der Waals surface area contributed by atoms with Gasteiger partial charge < -0.3 is 0 Å². The number of nitrogens with zero attached hydrogens (tertiary/aromatic N) is 1. The quantitative estimate of drug-likeness (QED) is 0.673. The van der Waals surface area contributed by atoms with Gasteiger partial charge in [-0.15, -0.1) is 0 Å². The van der Waals surface area contributed by atoms with Gasteiger partial charge in [-0.3, -0.25) is 4.98 Å². The molecular formula is C11H6F2N. The fraction of sp³-hybridized carbons (Fsp3) is 0. The lowest BCUT2D eigenvalue weighted by Gasteiger charge is -2.01. The molecule has 0 spiro atoms. The molecule has 0 aliphatic carbocycles. The lowest BCUT2D eigenvalue weighted by molar-refractivity contribution is 0.602. The summed E-state index contributed by atoms with van der Waals surface area (Å²) >= 11 is 0. The summed E-state index contributed by atoms with van der Waals surface area (Å²) in [7, 11) is 0. The van der Waals surface area contributed by atoms with Crippen LogP contribution in [0.1, 0.15) is 0 Å². The van der Waals surface area contributed by atoms with E-state index in [2.05, 4.69) is 11.1 Å². The molecular weight excluding hydrogens is 184 g/mol. The third-order valence-electron chi connectivity index (χ3n) is 1.79. The van der Waals surface area contributed by atoms with Crippen LogP contribution in [0.15, 0.2) is 36.5 Å². The zero-order valence-electron chi connectivity index (χ0n) is 7.17. The van der Waals surface area contributed by atoms with E-state index in [9.17, 15) is 8.78 Å². The van der Waals surface area contributed by atoms with Crippen molar-refractivity contribution >= 4 is 0 Å². The van der Waals surface area contributed by atoms with Crippen LogP contribution in [0.3, 0.4) is 0 Å². The Morgan fingerprint density at radius 1 is 1.21 bits per heavy atom. The summed E-state index contributed by atoms with van der Waals surface area (Å²) in [6.45, 7) is 0. The van der Waals surface area contributed by atoms with Crippen molar-refractivity contribution in [3.8, 4) is 11.3 Å². The van der Waals surface area contributed by atoms with Crippen LogP contribution in [0.5, 0.6) is 0 Å². The van der Waals surface area contributed by atoms with Crippen LogP contribution >= 0.6 is 0 Å². The van der Waals surface area contributed by atoms with Crippen molar-refractivity contribution in [1.82, 2.24) is 4.98 Å². The zero-order valence-corrected chi connectivity index (χ0v) is 7.17. The van der Waals surface area contributed by atoms with Crippen molar-refractivity contribution < 1.29 is 8.78 Å². The maximum atomic E-state index is 13.2. The predicted octanol–water partition coefficient (Wildman–Crippen LogP) is 2.83. The van der Waals surface area contributed by atoms with Gasteiger partial charge in [-0.1, -0.05) is 6.07 Å². The Kier molecular flexibility index (Phi) is 2.23. The molecule has 1 radical (unpaired) electrons. The fourth-order valence-corrected chi connectivity index (χ4v) is 1.15.